The third kappa shape index (κ3) is 10.5. The fourth-order valence-corrected chi connectivity index (χ4v) is 4.46. The molecule has 0 aliphatic rings. The number of anilines is 3. The predicted molar refractivity (Wildman–Crippen MR) is 196 cm³/mol. The van der Waals surface area contributed by atoms with Crippen LogP contribution >= 0.6 is 0 Å². The van der Waals surface area contributed by atoms with E-state index in [1.54, 1.807) is 62.8 Å². The van der Waals surface area contributed by atoms with Crippen molar-refractivity contribution in [2.45, 2.75) is 20.8 Å². The van der Waals surface area contributed by atoms with Crippen LogP contribution in [0.25, 0.3) is 10.8 Å². The lowest BCUT2D eigenvalue weighted by Crippen LogP contribution is -2.34. The quantitative estimate of drug-likeness (QED) is 0.0524. The van der Waals surface area contributed by atoms with E-state index < -0.39 is 6.03 Å². The van der Waals surface area contributed by atoms with Crippen molar-refractivity contribution in [3.63, 3.8) is 0 Å². The van der Waals surface area contributed by atoms with Gasteiger partial charge in [-0.15, -0.1) is 6.42 Å². The Kier molecular flexibility index (Phi) is 12.9. The number of allylic oxidation sites excluding steroid dienone is 1. The maximum Gasteiger partial charge on any atom is 0.324 e. The summed E-state index contributed by atoms with van der Waals surface area (Å²) < 4.78 is 16.5. The average Bonchev–Trinajstić information content (AvgIpc) is 3.10. The minimum absolute atomic E-state index is 0.225. The summed E-state index contributed by atoms with van der Waals surface area (Å²) in [6.45, 7) is 7.52. The second-order valence-electron chi connectivity index (χ2n) is 11.9. The van der Waals surface area contributed by atoms with Crippen LogP contribution in [0, 0.1) is 17.8 Å². The van der Waals surface area contributed by atoms with Crippen molar-refractivity contribution in [1.29, 1.82) is 0 Å². The third-order valence-corrected chi connectivity index (χ3v) is 7.20. The van der Waals surface area contributed by atoms with Gasteiger partial charge in [0.1, 0.15) is 11.6 Å². The fraction of sp³-hybridized carbons (Fsp3) is 0.270. The van der Waals surface area contributed by atoms with Gasteiger partial charge in [-0.1, -0.05) is 51.0 Å². The molecule has 0 aliphatic heterocycles. The second kappa shape index (κ2) is 17.4. The van der Waals surface area contributed by atoms with Gasteiger partial charge >= 0.3 is 6.03 Å². The average molecular weight is 679 g/mol. The van der Waals surface area contributed by atoms with Crippen LogP contribution in [-0.2, 0) is 9.47 Å². The van der Waals surface area contributed by atoms with Gasteiger partial charge in [-0.05, 0) is 36.4 Å². The van der Waals surface area contributed by atoms with E-state index in [4.69, 9.17) is 26.4 Å². The predicted octanol–water partition coefficient (Wildman–Crippen LogP) is 5.58. The number of urea groups is 1. The van der Waals surface area contributed by atoms with Crippen LogP contribution in [-0.4, -0.2) is 68.3 Å². The molecule has 0 bridgehead atoms. The van der Waals surface area contributed by atoms with E-state index in [1.807, 2.05) is 45.0 Å². The fourth-order valence-electron chi connectivity index (χ4n) is 4.46. The summed E-state index contributed by atoms with van der Waals surface area (Å²) in [6.07, 6.45) is 8.86. The Balaban J connectivity index is 1.47. The molecule has 3 aromatic carbocycles. The highest BCUT2D eigenvalue weighted by atomic mass is 16.5. The van der Waals surface area contributed by atoms with Crippen LogP contribution in [0.1, 0.15) is 36.7 Å². The minimum atomic E-state index is -0.476. The van der Waals surface area contributed by atoms with Gasteiger partial charge in [0.2, 0.25) is 11.8 Å². The number of amides is 3. The number of nitrogens with one attached hydrogen (secondary N) is 4. The number of carbonyl (C=O) groups excluding carboxylic acids is 2. The standard InChI is InChI=1S/C37H42N8O5/c1-7-24-20-25(34(46)40-16-17-49-19-18-48-6)22-26(21-24)42-35-41-15-14-33(45-35)50-30-13-12-29(27-10-8-9-11-28(27)30)43-36(47)44-32(39-5)23-31(38)37(2,3)4/h1,8-15,20-23H,16-19,38H2,2-6H3,(H,40,46)(H,41,42,45)(H2,39,43,44,47). The van der Waals surface area contributed by atoms with E-state index in [-0.39, 0.29) is 23.2 Å². The molecule has 6 N–H and O–H groups in total. The number of nitrogens with zero attached hydrogens (tertiary/aromatic N) is 3. The number of methoxy groups -OCH3 is 1. The molecule has 0 aliphatic carbocycles. The topological polar surface area (TPSA) is 174 Å². The van der Waals surface area contributed by atoms with Crippen molar-refractivity contribution in [3.05, 3.63) is 89.8 Å². The Hall–Kier alpha value is -5.97. The van der Waals surface area contributed by atoms with Crippen molar-refractivity contribution in [1.82, 2.24) is 20.6 Å². The number of rotatable bonds is 13. The molecule has 0 radical (unpaired) electrons. The number of ether oxygens (including phenoxy) is 3. The molecule has 0 spiro atoms. The molecule has 4 aromatic rings. The minimum Gasteiger partial charge on any atom is -0.438 e. The monoisotopic (exact) mass is 678 g/mol. The lowest BCUT2D eigenvalue weighted by molar-refractivity contribution is 0.0692. The molecule has 50 heavy (non-hydrogen) atoms. The summed E-state index contributed by atoms with van der Waals surface area (Å²) in [6, 6.07) is 17.1. The van der Waals surface area contributed by atoms with Crippen LogP contribution in [0.15, 0.2) is 83.6 Å². The van der Waals surface area contributed by atoms with Gasteiger partial charge in [-0.2, -0.15) is 4.98 Å². The molecular weight excluding hydrogens is 636 g/mol. The molecule has 0 saturated heterocycles. The number of amidine groups is 1. The zero-order chi connectivity index (χ0) is 36.1. The molecule has 0 fully saturated rings. The van der Waals surface area contributed by atoms with Gasteiger partial charge < -0.3 is 35.9 Å². The lowest BCUT2D eigenvalue weighted by Gasteiger charge is -2.19. The first-order valence-electron chi connectivity index (χ1n) is 15.8. The number of hydrogen-bond donors (Lipinski definition) is 5. The van der Waals surface area contributed by atoms with Crippen molar-refractivity contribution in [2.75, 3.05) is 51.2 Å². The van der Waals surface area contributed by atoms with Gasteiger partial charge in [-0.25, -0.2) is 9.78 Å². The van der Waals surface area contributed by atoms with Crippen molar-refractivity contribution in [3.8, 4) is 24.0 Å². The number of aromatic nitrogens is 2. The molecule has 4 rings (SSSR count). The number of carbonyl (C=O) groups is 2. The number of aliphatic imine (C=N–C) groups is 1. The van der Waals surface area contributed by atoms with E-state index in [2.05, 4.69) is 42.1 Å². The first-order valence-corrected chi connectivity index (χ1v) is 15.8. The van der Waals surface area contributed by atoms with Gasteiger partial charge in [0.15, 0.2) is 0 Å². The highest BCUT2D eigenvalue weighted by molar-refractivity contribution is 6.11. The Morgan fingerprint density at radius 2 is 1.82 bits per heavy atom. The first-order chi connectivity index (χ1) is 24.0. The normalized spacial score (nSPS) is 11.8. The summed E-state index contributed by atoms with van der Waals surface area (Å²) in [5, 5.41) is 13.0. The molecule has 0 atom stereocenters. The largest absolute Gasteiger partial charge is 0.438 e. The highest BCUT2D eigenvalue weighted by Gasteiger charge is 2.16. The Morgan fingerprint density at radius 3 is 2.54 bits per heavy atom. The van der Waals surface area contributed by atoms with Crippen molar-refractivity contribution < 1.29 is 23.8 Å². The maximum atomic E-state index is 12.9. The molecule has 1 heterocycles. The molecule has 13 heteroatoms. The van der Waals surface area contributed by atoms with Crippen molar-refractivity contribution >= 4 is 45.9 Å². The van der Waals surface area contributed by atoms with E-state index >= 15 is 0 Å². The van der Waals surface area contributed by atoms with E-state index in [9.17, 15) is 9.59 Å². The number of hydrogen-bond acceptors (Lipinski definition) is 10. The summed E-state index contributed by atoms with van der Waals surface area (Å²) in [5.74, 6) is 3.59. The summed E-state index contributed by atoms with van der Waals surface area (Å²) >= 11 is 0. The van der Waals surface area contributed by atoms with Crippen LogP contribution < -0.4 is 31.7 Å². The van der Waals surface area contributed by atoms with Crippen LogP contribution in [0.5, 0.6) is 11.6 Å². The summed E-state index contributed by atoms with van der Waals surface area (Å²) in [7, 11) is 3.17. The van der Waals surface area contributed by atoms with Crippen molar-refractivity contribution in [2.24, 2.45) is 16.1 Å². The van der Waals surface area contributed by atoms with Crippen LogP contribution in [0.4, 0.5) is 22.1 Å². The first kappa shape index (κ1) is 36.9. The summed E-state index contributed by atoms with van der Waals surface area (Å²) in [5.41, 5.74) is 8.42. The smallest absolute Gasteiger partial charge is 0.324 e. The Labute approximate surface area is 291 Å². The Bertz CT molecular complexity index is 1930. The van der Waals surface area contributed by atoms with Crippen LogP contribution in [0.2, 0.25) is 0 Å². The number of nitrogens with two attached hydrogens (primary N) is 1. The zero-order valence-electron chi connectivity index (χ0n) is 28.8. The molecular formula is C37H42N8O5. The van der Waals surface area contributed by atoms with Gasteiger partial charge in [-0.3, -0.25) is 15.1 Å². The maximum absolute atomic E-state index is 12.9. The Morgan fingerprint density at radius 1 is 1.04 bits per heavy atom. The van der Waals surface area contributed by atoms with E-state index in [0.717, 1.165) is 10.8 Å². The SMILES string of the molecule is C#Cc1cc(Nc2nccc(Oc3ccc(NC(=O)NC(C=C(N)C(C)(C)C)=NC)c4ccccc34)n2)cc(C(=O)NCCOCCOC)c1. The van der Waals surface area contributed by atoms with Crippen LogP contribution in [0.3, 0.4) is 0 Å². The van der Waals surface area contributed by atoms with Gasteiger partial charge in [0, 0.05) is 71.7 Å². The zero-order valence-corrected chi connectivity index (χ0v) is 28.8. The highest BCUT2D eigenvalue weighted by Crippen LogP contribution is 2.34. The molecule has 260 valence electrons. The lowest BCUT2D eigenvalue weighted by atomic mass is 9.92. The number of fused-ring (bicyclic) bond motifs is 1. The molecule has 1 aromatic heterocycles. The molecule has 3 amide bonds. The van der Waals surface area contributed by atoms with Gasteiger partial charge in [0.25, 0.3) is 5.91 Å². The number of terminal acetylenes is 1. The molecule has 0 unspecified atom stereocenters. The molecule has 13 nitrogen and oxygen atoms in total. The van der Waals surface area contributed by atoms with E-state index in [1.165, 1.54) is 0 Å². The summed E-state index contributed by atoms with van der Waals surface area (Å²) in [4.78, 5) is 38.7. The van der Waals surface area contributed by atoms with Gasteiger partial charge in [0.05, 0.1) is 25.5 Å². The number of benzene rings is 3. The third-order valence-electron chi connectivity index (χ3n) is 7.20. The van der Waals surface area contributed by atoms with E-state index in [0.29, 0.717) is 66.1 Å². The second-order valence-corrected chi connectivity index (χ2v) is 11.9. The molecule has 0 saturated carbocycles.